The average Bonchev–Trinajstić information content (AvgIpc) is 4.00. The van der Waals surface area contributed by atoms with Crippen molar-refractivity contribution in [1.29, 1.82) is 0 Å². The van der Waals surface area contributed by atoms with Crippen molar-refractivity contribution < 1.29 is 19.1 Å². The van der Waals surface area contributed by atoms with E-state index in [4.69, 9.17) is 9.47 Å². The monoisotopic (exact) mass is 746 g/mol. The second-order valence-corrected chi connectivity index (χ2v) is 14.5. The third-order valence-electron chi connectivity index (χ3n) is 9.73. The number of hydrogen-bond donors (Lipinski definition) is 4. The van der Waals surface area contributed by atoms with Crippen molar-refractivity contribution in [2.75, 3.05) is 67.7 Å². The number of fused-ring (bicyclic) bond motifs is 2. The zero-order valence-corrected chi connectivity index (χ0v) is 29.7. The van der Waals surface area contributed by atoms with Crippen LogP contribution in [0.4, 0.5) is 11.4 Å². The molecule has 6 heterocycles. The summed E-state index contributed by atoms with van der Waals surface area (Å²) in [4.78, 5) is 26.9. The summed E-state index contributed by atoms with van der Waals surface area (Å²) in [6, 6.07) is 15.9. The quantitative estimate of drug-likeness (QED) is 0.146. The molecule has 8 rings (SSSR count). The molecule has 0 aromatic heterocycles. The third-order valence-corrected chi connectivity index (χ3v) is 10.5. The second-order valence-electron chi connectivity index (χ2n) is 13.2. The number of carbonyl (C=O) groups is 2. The normalized spacial score (nSPS) is 24.1. The number of piperidine rings is 2. The molecule has 4 fully saturated rings. The number of ether oxygens (including phenoxy) is 2. The highest BCUT2D eigenvalue weighted by molar-refractivity contribution is 9.09. The van der Waals surface area contributed by atoms with Gasteiger partial charge in [0.05, 0.1) is 25.4 Å². The number of para-hydroxylation sites is 2. The van der Waals surface area contributed by atoms with Crippen molar-refractivity contribution >= 4 is 51.5 Å². The van der Waals surface area contributed by atoms with Crippen LogP contribution in [0, 0.1) is 0 Å². The molecule has 0 saturated carbocycles. The number of benzene rings is 2. The summed E-state index contributed by atoms with van der Waals surface area (Å²) in [6.45, 7) is 9.25. The van der Waals surface area contributed by atoms with Gasteiger partial charge in [-0.2, -0.15) is 12.6 Å². The number of alkyl halides is 1. The summed E-state index contributed by atoms with van der Waals surface area (Å²) >= 11 is 7.04. The lowest BCUT2D eigenvalue weighted by Gasteiger charge is -2.42. The van der Waals surface area contributed by atoms with Gasteiger partial charge < -0.3 is 30.3 Å². The van der Waals surface area contributed by atoms with Crippen LogP contribution in [0.2, 0.25) is 0 Å². The first-order valence-electron chi connectivity index (χ1n) is 17.0. The van der Waals surface area contributed by atoms with Crippen LogP contribution in [0.5, 0.6) is 0 Å². The predicted molar refractivity (Wildman–Crippen MR) is 207 cm³/mol. The van der Waals surface area contributed by atoms with E-state index >= 15 is 0 Å². The Morgan fingerprint density at radius 1 is 0.771 bits per heavy atom. The molecule has 4 saturated heterocycles. The summed E-state index contributed by atoms with van der Waals surface area (Å²) in [5.74, 6) is 1.51. The number of rotatable bonds is 3. The summed E-state index contributed by atoms with van der Waals surface area (Å²) < 4.78 is 10.1. The maximum absolute atomic E-state index is 12.3. The fourth-order valence-corrected chi connectivity index (χ4v) is 7.15. The lowest BCUT2D eigenvalue weighted by molar-refractivity contribution is 0.0960. The van der Waals surface area contributed by atoms with Crippen LogP contribution >= 0.6 is 28.6 Å². The predicted octanol–water partition coefficient (Wildman–Crippen LogP) is 7.49. The van der Waals surface area contributed by atoms with E-state index in [0.29, 0.717) is 25.0 Å². The van der Waals surface area contributed by atoms with Crippen LogP contribution in [0.15, 0.2) is 48.5 Å². The Labute approximate surface area is 303 Å². The van der Waals surface area contributed by atoms with Crippen molar-refractivity contribution in [3.05, 3.63) is 59.7 Å². The van der Waals surface area contributed by atoms with Gasteiger partial charge in [0, 0.05) is 71.4 Å². The number of anilines is 2. The van der Waals surface area contributed by atoms with Crippen molar-refractivity contribution in [2.24, 2.45) is 0 Å². The molecule has 2 aromatic carbocycles. The number of halogens is 1. The van der Waals surface area contributed by atoms with Gasteiger partial charge in [-0.15, -0.1) is 0 Å². The molecule has 8 nitrogen and oxygen atoms in total. The summed E-state index contributed by atoms with van der Waals surface area (Å²) in [5.41, 5.74) is 4.01. The molecule has 6 aliphatic heterocycles. The molecule has 6 aliphatic rings. The number of thiol groups is 1. The van der Waals surface area contributed by atoms with Crippen LogP contribution in [0.1, 0.15) is 93.9 Å². The molecule has 48 heavy (non-hydrogen) atoms. The van der Waals surface area contributed by atoms with Gasteiger partial charge in [0.1, 0.15) is 0 Å². The van der Waals surface area contributed by atoms with E-state index in [-0.39, 0.29) is 37.5 Å². The van der Waals surface area contributed by atoms with Crippen molar-refractivity contribution in [1.82, 2.24) is 10.2 Å². The van der Waals surface area contributed by atoms with Crippen LogP contribution < -0.4 is 16.0 Å². The molecule has 2 unspecified atom stereocenters. The Morgan fingerprint density at radius 3 is 1.62 bits per heavy atom. The van der Waals surface area contributed by atoms with E-state index < -0.39 is 0 Å². The minimum Gasteiger partial charge on any atom is -0.379 e. The Balaban J connectivity index is 0.000000208. The highest BCUT2D eigenvalue weighted by Crippen LogP contribution is 2.37. The van der Waals surface area contributed by atoms with E-state index in [0.717, 1.165) is 118 Å². The Kier molecular flexibility index (Phi) is 16.4. The van der Waals surface area contributed by atoms with Crippen LogP contribution in [-0.2, 0) is 9.47 Å². The number of nitrogens with zero attached hydrogens (tertiary/aromatic N) is 1. The molecular formula is C38H59BrN4O4S. The Morgan fingerprint density at radius 2 is 1.21 bits per heavy atom. The maximum atomic E-state index is 12.3. The smallest absolute Gasteiger partial charge is 0.165 e. The molecule has 0 amide bonds. The Hall–Kier alpha value is -1.95. The number of epoxide rings is 2. The van der Waals surface area contributed by atoms with Gasteiger partial charge in [-0.25, -0.2) is 0 Å². The van der Waals surface area contributed by atoms with Gasteiger partial charge in [-0.1, -0.05) is 62.0 Å². The zero-order valence-electron chi connectivity index (χ0n) is 27.2. The Bertz CT molecular complexity index is 1290. The minimum atomic E-state index is 0. The SMILES string of the molecule is BrCC1CO1.C.C.CCS.O=C1CCC2(CCN(CC3CO3)CC2)Nc2ccccc21.O=C1CCC2(CCNCC2)Nc2ccccc21. The van der Waals surface area contributed by atoms with Gasteiger partial charge in [-0.3, -0.25) is 9.59 Å². The molecule has 0 bridgehead atoms. The van der Waals surface area contributed by atoms with Gasteiger partial charge in [-0.05, 0) is 81.6 Å². The number of carbonyl (C=O) groups excluding carboxylic acids is 2. The number of ketones is 2. The maximum Gasteiger partial charge on any atom is 0.165 e. The molecule has 2 atom stereocenters. The fourth-order valence-electron chi connectivity index (χ4n) is 6.78. The molecule has 2 aromatic rings. The summed E-state index contributed by atoms with van der Waals surface area (Å²) in [7, 11) is 0. The standard InChI is InChI=1S/C17H22N2O2.C14H18N2O.C3H5BrO.C2H6S.2CH4/c20-16-5-6-17(18-15-4-2-1-3-14(15)16)7-9-19(10-8-17)11-13-12-21-13;17-13-5-6-14(7-9-15-10-8-14)16-12-4-2-1-3-11(12)13;4-1-3-2-5-3;1-2-3;;/h1-4,13,18H,5-12H2;1-4,15-16H,5-10H2;3H,1-2H2;3H,2H2,1H3;2*1H4. The molecule has 0 aliphatic carbocycles. The molecule has 3 N–H and O–H groups in total. The van der Waals surface area contributed by atoms with E-state index in [1.54, 1.807) is 0 Å². The van der Waals surface area contributed by atoms with Crippen molar-refractivity contribution in [2.45, 2.75) is 96.4 Å². The largest absolute Gasteiger partial charge is 0.379 e. The highest BCUT2D eigenvalue weighted by Gasteiger charge is 2.39. The van der Waals surface area contributed by atoms with Gasteiger partial charge in [0.25, 0.3) is 0 Å². The average molecular weight is 748 g/mol. The molecule has 2 spiro atoms. The highest BCUT2D eigenvalue weighted by atomic mass is 79.9. The van der Waals surface area contributed by atoms with E-state index in [1.807, 2.05) is 55.5 Å². The van der Waals surface area contributed by atoms with Crippen LogP contribution in [0.25, 0.3) is 0 Å². The van der Waals surface area contributed by atoms with Gasteiger partial charge in [0.15, 0.2) is 11.6 Å². The van der Waals surface area contributed by atoms with E-state index in [9.17, 15) is 9.59 Å². The zero-order chi connectivity index (χ0) is 32.4. The molecule has 10 heteroatoms. The lowest BCUT2D eigenvalue weighted by atomic mass is 9.83. The summed E-state index contributed by atoms with van der Waals surface area (Å²) in [6.07, 6.45) is 8.71. The number of likely N-dealkylation sites (tertiary alicyclic amines) is 1. The topological polar surface area (TPSA) is 98.5 Å². The first-order chi connectivity index (χ1) is 22.4. The second kappa shape index (κ2) is 19.4. The minimum absolute atomic E-state index is 0. The van der Waals surface area contributed by atoms with Crippen molar-refractivity contribution in [3.63, 3.8) is 0 Å². The first-order valence-corrected chi connectivity index (χ1v) is 18.8. The number of hydrogen-bond acceptors (Lipinski definition) is 9. The lowest BCUT2D eigenvalue weighted by Crippen LogP contribution is -2.49. The van der Waals surface area contributed by atoms with Crippen LogP contribution in [-0.4, -0.2) is 96.8 Å². The fraction of sp³-hybridized carbons (Fsp3) is 0.632. The molecule has 268 valence electrons. The van der Waals surface area contributed by atoms with Gasteiger partial charge in [0.2, 0.25) is 0 Å². The number of nitrogens with one attached hydrogen (secondary N) is 3. The first kappa shape index (κ1) is 40.5. The van der Waals surface area contributed by atoms with Gasteiger partial charge >= 0.3 is 0 Å². The van der Waals surface area contributed by atoms with Crippen molar-refractivity contribution in [3.8, 4) is 0 Å². The molecular weight excluding hydrogens is 688 g/mol. The van der Waals surface area contributed by atoms with E-state index in [1.165, 1.54) is 0 Å². The van der Waals surface area contributed by atoms with E-state index in [2.05, 4.69) is 49.4 Å². The summed E-state index contributed by atoms with van der Waals surface area (Å²) in [5, 5.41) is 11.8. The number of Topliss-reactive ketones (excluding diaryl/α,β-unsaturated/α-hetero) is 2. The molecule has 0 radical (unpaired) electrons. The third kappa shape index (κ3) is 11.6. The van der Waals surface area contributed by atoms with Crippen LogP contribution in [0.3, 0.4) is 0 Å².